The van der Waals surface area contributed by atoms with Gasteiger partial charge < -0.3 is 15.2 Å². The molecule has 3 nitrogen and oxygen atoms in total. The number of halogens is 15. The van der Waals surface area contributed by atoms with Gasteiger partial charge in [-0.05, 0) is 28.6 Å². The van der Waals surface area contributed by atoms with Crippen LogP contribution in [0.25, 0.3) is 33.4 Å². The van der Waals surface area contributed by atoms with Crippen LogP contribution in [0.5, 0.6) is 0 Å². The lowest BCUT2D eigenvalue weighted by molar-refractivity contribution is 0.300. The molecular weight excluding hydrogens is 656 g/mol. The fraction of sp³-hybridized carbons (Fsp3) is 0.0769. The van der Waals surface area contributed by atoms with E-state index in [0.29, 0.717) is 0 Å². The van der Waals surface area contributed by atoms with Gasteiger partial charge in [-0.3, -0.25) is 0 Å². The van der Waals surface area contributed by atoms with E-state index in [9.17, 15) is 54.7 Å². The van der Waals surface area contributed by atoms with Gasteiger partial charge in [0.2, 0.25) is 17.5 Å². The first-order valence-corrected chi connectivity index (χ1v) is 11.6. The Kier molecular flexibility index (Phi) is 8.93. The summed E-state index contributed by atoms with van der Waals surface area (Å²) in [6.07, 6.45) is -1.26. The summed E-state index contributed by atoms with van der Waals surface area (Å²) < 4.78 is 219. The minimum Gasteiger partial charge on any atom is -0.423 e. The van der Waals surface area contributed by atoms with Gasteiger partial charge in [0, 0.05) is 12.2 Å². The normalized spacial score (nSPS) is 11.5. The molecule has 0 atom stereocenters. The molecule has 0 unspecified atom stereocenters. The van der Waals surface area contributed by atoms with Crippen LogP contribution >= 0.6 is 0 Å². The van der Waals surface area contributed by atoms with E-state index in [1.54, 1.807) is 0 Å². The Morgan fingerprint density at radius 1 is 0.400 bits per heavy atom. The summed E-state index contributed by atoms with van der Waals surface area (Å²) in [5.41, 5.74) is -16.0. The van der Waals surface area contributed by atoms with E-state index in [4.69, 9.17) is 0 Å². The number of aliphatic hydroxyl groups excluding tert-OH is 1. The molecule has 3 N–H and O–H groups in total. The van der Waals surface area contributed by atoms with Gasteiger partial charge in [0.15, 0.2) is 69.8 Å². The van der Waals surface area contributed by atoms with E-state index in [0.717, 1.165) is 0 Å². The van der Waals surface area contributed by atoms with Crippen molar-refractivity contribution in [2.45, 2.75) is 6.42 Å². The molecule has 0 aromatic heterocycles. The van der Waals surface area contributed by atoms with Crippen LogP contribution in [0.1, 0.15) is 5.56 Å². The molecular formula is C26H8BF15O3. The third-order valence-electron chi connectivity index (χ3n) is 6.51. The Labute approximate surface area is 239 Å². The quantitative estimate of drug-likeness (QED) is 0.103. The first kappa shape index (κ1) is 33.7. The van der Waals surface area contributed by atoms with Crippen LogP contribution in [0, 0.1) is 87.3 Å². The van der Waals surface area contributed by atoms with Crippen LogP contribution in [-0.4, -0.2) is 28.9 Å². The van der Waals surface area contributed by atoms with Crippen molar-refractivity contribution in [3.05, 3.63) is 98.9 Å². The van der Waals surface area contributed by atoms with Crippen LogP contribution < -0.4 is 5.46 Å². The standard InChI is InChI=1S/C26H8BF15O3/c28-12-9(13(29)19(35)24(40)18(12)34)5-3-6(27(44)45)4(1-2-43)7(10-14(30)20(36)25(41)21(37)15(10)31)8(5)11-16(32)22(38)26(42)23(39)17(11)33/h3,43-45H,1-2H2. The van der Waals surface area contributed by atoms with Crippen molar-refractivity contribution >= 4 is 12.6 Å². The highest BCUT2D eigenvalue weighted by atomic mass is 19.2. The zero-order valence-corrected chi connectivity index (χ0v) is 21.1. The van der Waals surface area contributed by atoms with Crippen molar-refractivity contribution in [2.75, 3.05) is 6.61 Å². The van der Waals surface area contributed by atoms with Crippen molar-refractivity contribution in [2.24, 2.45) is 0 Å². The Balaban J connectivity index is 2.53. The van der Waals surface area contributed by atoms with Crippen LogP contribution in [-0.2, 0) is 6.42 Å². The largest absolute Gasteiger partial charge is 0.488 e. The first-order valence-electron chi connectivity index (χ1n) is 11.6. The molecule has 4 aromatic rings. The Hall–Kier alpha value is -4.23. The molecule has 0 radical (unpaired) electrons. The molecule has 4 aromatic carbocycles. The molecule has 0 fully saturated rings. The molecule has 45 heavy (non-hydrogen) atoms. The summed E-state index contributed by atoms with van der Waals surface area (Å²) in [5, 5.41) is 29.4. The SMILES string of the molecule is OCCc1c(B(O)O)cc(-c2c(F)c(F)c(F)c(F)c2F)c(-c2c(F)c(F)c(F)c(F)c2F)c1-c1c(F)c(F)c(F)c(F)c1F. The van der Waals surface area contributed by atoms with Crippen LogP contribution in [0.2, 0.25) is 0 Å². The highest BCUT2D eigenvalue weighted by Gasteiger charge is 2.39. The number of aliphatic hydroxyl groups is 1. The lowest BCUT2D eigenvalue weighted by atomic mass is 9.70. The monoisotopic (exact) mass is 664 g/mol. The molecule has 0 bridgehead atoms. The van der Waals surface area contributed by atoms with E-state index in [-0.39, 0.29) is 6.07 Å². The predicted molar refractivity (Wildman–Crippen MR) is 123 cm³/mol. The van der Waals surface area contributed by atoms with Gasteiger partial charge in [-0.2, -0.15) is 0 Å². The second kappa shape index (κ2) is 11.9. The van der Waals surface area contributed by atoms with E-state index in [1.807, 2.05) is 0 Å². The van der Waals surface area contributed by atoms with Gasteiger partial charge in [-0.25, -0.2) is 65.9 Å². The highest BCUT2D eigenvalue weighted by molar-refractivity contribution is 6.59. The number of hydrogen-bond acceptors (Lipinski definition) is 3. The average molecular weight is 664 g/mol. The molecule has 0 saturated heterocycles. The molecule has 0 aliphatic heterocycles. The van der Waals surface area contributed by atoms with Gasteiger partial charge in [0.05, 0.1) is 16.7 Å². The summed E-state index contributed by atoms with van der Waals surface area (Å²) in [5.74, 6) is -43.6. The topological polar surface area (TPSA) is 60.7 Å². The van der Waals surface area contributed by atoms with Crippen molar-refractivity contribution in [1.82, 2.24) is 0 Å². The van der Waals surface area contributed by atoms with Crippen molar-refractivity contribution in [3.63, 3.8) is 0 Å². The summed E-state index contributed by atoms with van der Waals surface area (Å²) in [6.45, 7) is -1.32. The first-order chi connectivity index (χ1) is 20.9. The van der Waals surface area contributed by atoms with Gasteiger partial charge in [0.1, 0.15) is 0 Å². The summed E-state index contributed by atoms with van der Waals surface area (Å²) in [4.78, 5) is 0. The fourth-order valence-corrected chi connectivity index (χ4v) is 4.58. The smallest absolute Gasteiger partial charge is 0.423 e. The Morgan fingerprint density at radius 3 is 1.00 bits per heavy atom. The number of benzene rings is 4. The molecule has 238 valence electrons. The molecule has 0 aliphatic carbocycles. The van der Waals surface area contributed by atoms with Gasteiger partial charge in [-0.15, -0.1) is 0 Å². The molecule has 0 aliphatic rings. The van der Waals surface area contributed by atoms with E-state index in [2.05, 4.69) is 0 Å². The number of hydrogen-bond donors (Lipinski definition) is 3. The predicted octanol–water partition coefficient (Wildman–Crippen LogP) is 5.99. The third kappa shape index (κ3) is 4.98. The summed E-state index contributed by atoms with van der Waals surface area (Å²) in [7, 11) is -3.10. The van der Waals surface area contributed by atoms with Crippen molar-refractivity contribution in [1.29, 1.82) is 0 Å². The fourth-order valence-electron chi connectivity index (χ4n) is 4.58. The van der Waals surface area contributed by atoms with E-state index >= 15 is 26.3 Å². The maximum atomic E-state index is 15.2. The second-order valence-corrected chi connectivity index (χ2v) is 8.92. The zero-order chi connectivity index (χ0) is 34.0. The zero-order valence-electron chi connectivity index (χ0n) is 21.1. The van der Waals surface area contributed by atoms with Crippen LogP contribution in [0.15, 0.2) is 6.07 Å². The van der Waals surface area contributed by atoms with Gasteiger partial charge >= 0.3 is 7.12 Å². The van der Waals surface area contributed by atoms with E-state index in [1.165, 1.54) is 0 Å². The maximum absolute atomic E-state index is 15.2. The minimum absolute atomic E-state index is 0.100. The highest BCUT2D eigenvalue weighted by Crippen LogP contribution is 2.48. The molecule has 0 saturated carbocycles. The lowest BCUT2D eigenvalue weighted by Gasteiger charge is -2.25. The molecule has 0 amide bonds. The average Bonchev–Trinajstić information content (AvgIpc) is 3.00. The molecule has 0 spiro atoms. The second-order valence-electron chi connectivity index (χ2n) is 8.92. The van der Waals surface area contributed by atoms with E-state index < -0.39 is 152 Å². The van der Waals surface area contributed by atoms with Gasteiger partial charge in [-0.1, -0.05) is 6.07 Å². The molecule has 4 rings (SSSR count). The van der Waals surface area contributed by atoms with Crippen molar-refractivity contribution < 1.29 is 81.0 Å². The minimum atomic E-state index is -3.10. The van der Waals surface area contributed by atoms with Crippen LogP contribution in [0.4, 0.5) is 65.9 Å². The Morgan fingerprint density at radius 2 is 0.689 bits per heavy atom. The van der Waals surface area contributed by atoms with Crippen LogP contribution in [0.3, 0.4) is 0 Å². The summed E-state index contributed by atoms with van der Waals surface area (Å²) in [6, 6.07) is -0.100. The van der Waals surface area contributed by atoms with Crippen molar-refractivity contribution in [3.8, 4) is 33.4 Å². The Bertz CT molecular complexity index is 1830. The summed E-state index contributed by atoms with van der Waals surface area (Å²) >= 11 is 0. The third-order valence-corrected chi connectivity index (χ3v) is 6.51. The maximum Gasteiger partial charge on any atom is 0.488 e. The lowest BCUT2D eigenvalue weighted by Crippen LogP contribution is -2.35. The number of rotatable bonds is 6. The molecule has 19 heteroatoms. The van der Waals surface area contributed by atoms with Gasteiger partial charge in [0.25, 0.3) is 0 Å². The molecule has 0 heterocycles.